The van der Waals surface area contributed by atoms with Crippen molar-refractivity contribution in [2.75, 3.05) is 6.54 Å². The number of hydrogen-bond donors (Lipinski definition) is 1. The van der Waals surface area contributed by atoms with Gasteiger partial charge in [0, 0.05) is 34.6 Å². The van der Waals surface area contributed by atoms with E-state index in [1.54, 1.807) is 24.3 Å². The molecule has 1 aliphatic heterocycles. The van der Waals surface area contributed by atoms with E-state index in [-0.39, 0.29) is 35.4 Å². The first-order valence-corrected chi connectivity index (χ1v) is 16.1. The molecule has 42 heavy (non-hydrogen) atoms. The van der Waals surface area contributed by atoms with Gasteiger partial charge in [-0.25, -0.2) is 12.7 Å². The fourth-order valence-corrected chi connectivity index (χ4v) is 7.59. The van der Waals surface area contributed by atoms with Crippen LogP contribution in [0.2, 0.25) is 10.0 Å². The predicted octanol–water partition coefficient (Wildman–Crippen LogP) is 5.23. The van der Waals surface area contributed by atoms with Crippen molar-refractivity contribution in [1.29, 1.82) is 0 Å². The number of fused-ring (bicyclic) bond motifs is 1. The average molecular weight is 629 g/mol. The number of carbonyl (C=O) groups excluding carboxylic acids is 3. The van der Waals surface area contributed by atoms with Gasteiger partial charge in [-0.1, -0.05) is 91.0 Å². The fraction of sp³-hybridized carbons (Fsp3) is 0.323. The van der Waals surface area contributed by atoms with Crippen LogP contribution >= 0.6 is 23.2 Å². The highest BCUT2D eigenvalue weighted by Crippen LogP contribution is 2.31. The number of sulfonamides is 1. The van der Waals surface area contributed by atoms with Crippen LogP contribution in [-0.4, -0.2) is 54.0 Å². The predicted molar refractivity (Wildman–Crippen MR) is 161 cm³/mol. The Kier molecular flexibility index (Phi) is 9.20. The first kappa shape index (κ1) is 30.1. The highest BCUT2D eigenvalue weighted by Gasteiger charge is 2.43. The van der Waals surface area contributed by atoms with Crippen molar-refractivity contribution in [3.8, 4) is 0 Å². The maximum atomic E-state index is 14.1. The van der Waals surface area contributed by atoms with Crippen LogP contribution in [0, 0.1) is 0 Å². The van der Waals surface area contributed by atoms with Crippen molar-refractivity contribution >= 4 is 50.9 Å². The van der Waals surface area contributed by atoms with Crippen LogP contribution in [0.5, 0.6) is 0 Å². The molecule has 2 aliphatic rings. The normalized spacial score (nSPS) is 17.0. The number of carbonyl (C=O) groups is 3. The van der Waals surface area contributed by atoms with Crippen LogP contribution < -0.4 is 5.32 Å². The van der Waals surface area contributed by atoms with Crippen LogP contribution in [-0.2, 0) is 32.6 Å². The summed E-state index contributed by atoms with van der Waals surface area (Å²) in [6.07, 6.45) is 4.95. The quantitative estimate of drug-likeness (QED) is 0.350. The summed E-state index contributed by atoms with van der Waals surface area (Å²) in [6.45, 7) is -0.943. The summed E-state index contributed by atoms with van der Waals surface area (Å²) in [5, 5.41) is 3.72. The van der Waals surface area contributed by atoms with Crippen LogP contribution in [0.3, 0.4) is 0 Å². The zero-order chi connectivity index (χ0) is 29.9. The Morgan fingerprint density at radius 1 is 0.905 bits per heavy atom. The average Bonchev–Trinajstić information content (AvgIpc) is 3.17. The molecule has 5 rings (SSSR count). The molecule has 0 bridgehead atoms. The van der Waals surface area contributed by atoms with Gasteiger partial charge in [-0.3, -0.25) is 14.4 Å². The maximum absolute atomic E-state index is 14.1. The lowest BCUT2D eigenvalue weighted by atomic mass is 9.94. The van der Waals surface area contributed by atoms with Gasteiger partial charge in [0.1, 0.15) is 17.5 Å². The number of halogens is 2. The minimum absolute atomic E-state index is 0.00174. The molecule has 1 N–H and O–H groups in total. The second-order valence-corrected chi connectivity index (χ2v) is 13.2. The van der Waals surface area contributed by atoms with E-state index >= 15 is 0 Å². The summed E-state index contributed by atoms with van der Waals surface area (Å²) in [6, 6.07) is 19.0. The van der Waals surface area contributed by atoms with Crippen LogP contribution in [0.4, 0.5) is 0 Å². The minimum Gasteiger partial charge on any atom is -0.352 e. The first-order valence-electron chi connectivity index (χ1n) is 13.9. The zero-order valence-electron chi connectivity index (χ0n) is 22.8. The van der Waals surface area contributed by atoms with Gasteiger partial charge in [-0.2, -0.15) is 0 Å². The highest BCUT2D eigenvalue weighted by atomic mass is 35.5. The molecule has 1 saturated carbocycles. The number of nitrogens with zero attached hydrogens (tertiary/aromatic N) is 2. The molecule has 3 aromatic rings. The number of rotatable bonds is 9. The van der Waals surface area contributed by atoms with E-state index in [1.165, 1.54) is 23.1 Å². The van der Waals surface area contributed by atoms with Crippen molar-refractivity contribution in [1.82, 2.24) is 14.5 Å². The first-order chi connectivity index (χ1) is 20.2. The molecule has 220 valence electrons. The Labute approximate surface area is 255 Å². The molecule has 0 radical (unpaired) electrons. The third kappa shape index (κ3) is 6.33. The SMILES string of the molecule is O=C(NC1CCCCC1)[C@H](Cc1ccccc1)N(Cc1c(Cl)cccc1Cl)C(=O)CN1C(=O)c2ccccc2S1(=O)=O. The molecule has 11 heteroatoms. The van der Waals surface area contributed by atoms with Gasteiger partial charge in [0.2, 0.25) is 11.8 Å². The smallest absolute Gasteiger partial charge is 0.269 e. The van der Waals surface area contributed by atoms with Gasteiger partial charge in [-0.15, -0.1) is 0 Å². The Bertz CT molecular complexity index is 1570. The molecule has 0 aromatic heterocycles. The molecule has 1 heterocycles. The zero-order valence-corrected chi connectivity index (χ0v) is 25.2. The lowest BCUT2D eigenvalue weighted by Gasteiger charge is -2.34. The molecular formula is C31H31Cl2N3O5S. The van der Waals surface area contributed by atoms with Crippen molar-refractivity contribution in [2.45, 2.75) is 62.0 Å². The molecule has 0 spiro atoms. The van der Waals surface area contributed by atoms with E-state index in [0.717, 1.165) is 37.7 Å². The second-order valence-electron chi connectivity index (χ2n) is 10.6. The molecule has 8 nitrogen and oxygen atoms in total. The van der Waals surface area contributed by atoms with Crippen molar-refractivity contribution in [2.24, 2.45) is 0 Å². The molecule has 1 aliphatic carbocycles. The summed E-state index contributed by atoms with van der Waals surface area (Å²) < 4.78 is 27.1. The van der Waals surface area contributed by atoms with E-state index in [9.17, 15) is 22.8 Å². The number of amides is 3. The third-order valence-corrected chi connectivity index (χ3v) is 10.3. The number of benzene rings is 3. The Morgan fingerprint density at radius 2 is 1.55 bits per heavy atom. The van der Waals surface area contributed by atoms with E-state index in [1.807, 2.05) is 30.3 Å². The van der Waals surface area contributed by atoms with Gasteiger partial charge in [-0.05, 0) is 42.7 Å². The molecule has 0 saturated heterocycles. The number of hydrogen-bond acceptors (Lipinski definition) is 5. The van der Waals surface area contributed by atoms with Gasteiger partial charge >= 0.3 is 0 Å². The Hall–Kier alpha value is -3.40. The van der Waals surface area contributed by atoms with Gasteiger partial charge in [0.15, 0.2) is 0 Å². The van der Waals surface area contributed by atoms with Crippen molar-refractivity contribution in [3.05, 3.63) is 99.5 Å². The summed E-state index contributed by atoms with van der Waals surface area (Å²) in [7, 11) is -4.26. The van der Waals surface area contributed by atoms with Crippen molar-refractivity contribution < 1.29 is 22.8 Å². The van der Waals surface area contributed by atoms with Gasteiger partial charge in [0.05, 0.1) is 5.56 Å². The molecular weight excluding hydrogens is 597 g/mol. The standard InChI is InChI=1S/C31H31Cl2N3O5S/c32-25-15-9-16-26(33)24(25)19-35(29(37)20-36-31(39)23-14-7-8-17-28(23)42(36,40)41)27(18-21-10-3-1-4-11-21)30(38)34-22-12-5-2-6-13-22/h1,3-4,7-11,14-17,22,27H,2,5-6,12-13,18-20H2,(H,34,38)/t27-/m0/s1. The van der Waals surface area contributed by atoms with E-state index in [4.69, 9.17) is 23.2 Å². The molecule has 0 unspecified atom stereocenters. The van der Waals surface area contributed by atoms with Crippen LogP contribution in [0.25, 0.3) is 0 Å². The highest BCUT2D eigenvalue weighted by molar-refractivity contribution is 7.90. The topological polar surface area (TPSA) is 104 Å². The lowest BCUT2D eigenvalue weighted by Crippen LogP contribution is -2.55. The third-order valence-electron chi connectivity index (χ3n) is 7.80. The van der Waals surface area contributed by atoms with Crippen LogP contribution in [0.15, 0.2) is 77.7 Å². The molecule has 1 atom stereocenters. The fourth-order valence-electron chi connectivity index (χ4n) is 5.55. The second kappa shape index (κ2) is 12.9. The van der Waals surface area contributed by atoms with Crippen LogP contribution in [0.1, 0.15) is 53.6 Å². The minimum atomic E-state index is -4.26. The van der Waals surface area contributed by atoms with E-state index in [0.29, 0.717) is 19.9 Å². The number of nitrogens with one attached hydrogen (secondary N) is 1. The summed E-state index contributed by atoms with van der Waals surface area (Å²) in [5.41, 5.74) is 1.22. The molecule has 3 amide bonds. The maximum Gasteiger partial charge on any atom is 0.269 e. The summed E-state index contributed by atoms with van der Waals surface area (Å²) >= 11 is 13.0. The summed E-state index contributed by atoms with van der Waals surface area (Å²) in [4.78, 5) is 42.4. The van der Waals surface area contributed by atoms with Gasteiger partial charge in [0.25, 0.3) is 15.9 Å². The Balaban J connectivity index is 1.52. The monoisotopic (exact) mass is 627 g/mol. The van der Waals surface area contributed by atoms with Gasteiger partial charge < -0.3 is 10.2 Å². The molecule has 3 aromatic carbocycles. The largest absolute Gasteiger partial charge is 0.352 e. The summed E-state index contributed by atoms with van der Waals surface area (Å²) in [5.74, 6) is -1.88. The van der Waals surface area contributed by atoms with E-state index < -0.39 is 34.4 Å². The van der Waals surface area contributed by atoms with Crippen molar-refractivity contribution in [3.63, 3.8) is 0 Å². The Morgan fingerprint density at radius 3 is 2.21 bits per heavy atom. The van der Waals surface area contributed by atoms with E-state index in [2.05, 4.69) is 5.32 Å². The molecule has 1 fully saturated rings. The lowest BCUT2D eigenvalue weighted by molar-refractivity contribution is -0.141.